The quantitative estimate of drug-likeness (QED) is 0.372. The average molecular weight is 497 g/mol. The molecule has 6 rings (SSSR count). The Morgan fingerprint density at radius 3 is 2.54 bits per heavy atom. The molecule has 0 fully saturated rings. The van der Waals surface area contributed by atoms with Crippen LogP contribution >= 0.6 is 23.1 Å². The molecule has 2 aliphatic rings. The van der Waals surface area contributed by atoms with Gasteiger partial charge in [-0.05, 0) is 71.7 Å². The molecule has 4 aromatic rings. The number of hydrogen-bond acceptors (Lipinski definition) is 5. The number of thiazole rings is 1. The summed E-state index contributed by atoms with van der Waals surface area (Å²) in [5.41, 5.74) is 6.82. The fourth-order valence-electron chi connectivity index (χ4n) is 4.96. The lowest BCUT2D eigenvalue weighted by atomic mass is 9.83. The van der Waals surface area contributed by atoms with E-state index in [1.54, 1.807) is 18.9 Å². The van der Waals surface area contributed by atoms with Crippen LogP contribution in [0, 0.1) is 0 Å². The van der Waals surface area contributed by atoms with Crippen molar-refractivity contribution in [3.63, 3.8) is 0 Å². The SMILES string of the molecule is COc1ccc(C2C3=C(N=c4sc(=Cc5ccc(SC)cc5)c(=O)n42)c2ccccc2CC3)cc1. The molecule has 0 N–H and O–H groups in total. The van der Waals surface area contributed by atoms with Gasteiger partial charge in [0.05, 0.1) is 23.4 Å². The molecule has 4 nitrogen and oxygen atoms in total. The van der Waals surface area contributed by atoms with Crippen molar-refractivity contribution in [2.24, 2.45) is 4.99 Å². The van der Waals surface area contributed by atoms with Crippen LogP contribution in [0.1, 0.15) is 34.7 Å². The van der Waals surface area contributed by atoms with Crippen LogP contribution in [0.25, 0.3) is 11.8 Å². The van der Waals surface area contributed by atoms with Gasteiger partial charge in [-0.25, -0.2) is 4.99 Å². The third-order valence-electron chi connectivity index (χ3n) is 6.72. The maximum absolute atomic E-state index is 13.8. The van der Waals surface area contributed by atoms with Gasteiger partial charge in [-0.15, -0.1) is 11.8 Å². The van der Waals surface area contributed by atoms with E-state index in [0.717, 1.165) is 40.2 Å². The molecular weight excluding hydrogens is 472 g/mol. The molecule has 0 radical (unpaired) electrons. The number of allylic oxidation sites excluding steroid dienone is 1. The predicted molar refractivity (Wildman–Crippen MR) is 144 cm³/mol. The Balaban J connectivity index is 1.58. The molecule has 0 saturated heterocycles. The lowest BCUT2D eigenvalue weighted by Gasteiger charge is -2.30. The molecule has 0 saturated carbocycles. The molecule has 0 spiro atoms. The summed E-state index contributed by atoms with van der Waals surface area (Å²) in [5.74, 6) is 0.804. The normalized spacial score (nSPS) is 16.9. The van der Waals surface area contributed by atoms with E-state index in [9.17, 15) is 4.79 Å². The summed E-state index contributed by atoms with van der Waals surface area (Å²) in [4.78, 5) is 20.8. The van der Waals surface area contributed by atoms with E-state index in [2.05, 4.69) is 66.9 Å². The van der Waals surface area contributed by atoms with Gasteiger partial charge in [-0.3, -0.25) is 9.36 Å². The maximum atomic E-state index is 13.8. The Bertz CT molecular complexity index is 1630. The molecule has 1 aromatic heterocycles. The van der Waals surface area contributed by atoms with Gasteiger partial charge in [0.25, 0.3) is 5.56 Å². The number of thioether (sulfide) groups is 1. The molecule has 1 aliphatic carbocycles. The summed E-state index contributed by atoms with van der Waals surface area (Å²) in [6, 6.07) is 24.7. The number of methoxy groups -OCH3 is 1. The molecule has 1 aliphatic heterocycles. The molecule has 3 aromatic carbocycles. The molecule has 0 amide bonds. The number of nitrogens with zero attached hydrogens (tertiary/aromatic N) is 2. The fraction of sp³-hybridized carbons (Fsp3) is 0.172. The van der Waals surface area contributed by atoms with Crippen LogP contribution in [0.15, 0.2) is 93.1 Å². The van der Waals surface area contributed by atoms with Crippen molar-refractivity contribution in [1.82, 2.24) is 4.57 Å². The largest absolute Gasteiger partial charge is 0.497 e. The number of hydrogen-bond donors (Lipinski definition) is 0. The molecular formula is C29H24N2O2S2. The van der Waals surface area contributed by atoms with Crippen LogP contribution in [0.2, 0.25) is 0 Å². The van der Waals surface area contributed by atoms with Crippen molar-refractivity contribution < 1.29 is 4.74 Å². The van der Waals surface area contributed by atoms with E-state index < -0.39 is 0 Å². The highest BCUT2D eigenvalue weighted by molar-refractivity contribution is 7.98. The standard InChI is InChI=1S/C29H24N2O2S2/c1-33-21-12-9-20(10-13-21)27-24-16-11-19-5-3-4-6-23(19)26(24)30-29-31(27)28(32)25(35-29)17-18-7-14-22(34-2)15-8-18/h3-10,12-15,17,27H,11,16H2,1-2H3. The molecule has 6 heteroatoms. The van der Waals surface area contributed by atoms with Crippen molar-refractivity contribution in [3.05, 3.63) is 120 Å². The predicted octanol–water partition coefficient (Wildman–Crippen LogP) is 5.05. The lowest BCUT2D eigenvalue weighted by molar-refractivity contribution is 0.414. The Morgan fingerprint density at radius 1 is 1.03 bits per heavy atom. The molecule has 0 bridgehead atoms. The number of aryl methyl sites for hydroxylation is 1. The topological polar surface area (TPSA) is 43.6 Å². The zero-order valence-corrected chi connectivity index (χ0v) is 21.2. The van der Waals surface area contributed by atoms with Gasteiger partial charge in [0, 0.05) is 10.5 Å². The van der Waals surface area contributed by atoms with Crippen LogP contribution in [0.5, 0.6) is 5.75 Å². The van der Waals surface area contributed by atoms with Gasteiger partial charge >= 0.3 is 0 Å². The Labute approximate surface area is 211 Å². The molecule has 174 valence electrons. The van der Waals surface area contributed by atoms with E-state index in [-0.39, 0.29) is 11.6 Å². The van der Waals surface area contributed by atoms with Crippen molar-refractivity contribution in [3.8, 4) is 5.75 Å². The molecule has 1 unspecified atom stereocenters. The third kappa shape index (κ3) is 3.87. The van der Waals surface area contributed by atoms with Crippen LogP contribution in [-0.2, 0) is 6.42 Å². The van der Waals surface area contributed by atoms with E-state index in [0.29, 0.717) is 4.53 Å². The Kier molecular flexibility index (Phi) is 5.71. The van der Waals surface area contributed by atoms with Gasteiger partial charge in [0.1, 0.15) is 5.75 Å². The van der Waals surface area contributed by atoms with E-state index >= 15 is 0 Å². The summed E-state index contributed by atoms with van der Waals surface area (Å²) in [5, 5.41) is 0. The van der Waals surface area contributed by atoms with Crippen LogP contribution in [0.4, 0.5) is 0 Å². The summed E-state index contributed by atoms with van der Waals surface area (Å²) in [7, 11) is 1.67. The van der Waals surface area contributed by atoms with Gasteiger partial charge < -0.3 is 4.74 Å². The van der Waals surface area contributed by atoms with Crippen molar-refractivity contribution in [2.45, 2.75) is 23.8 Å². The summed E-state index contributed by atoms with van der Waals surface area (Å²) in [6.45, 7) is 0. The molecule has 1 atom stereocenters. The van der Waals surface area contributed by atoms with E-state index in [4.69, 9.17) is 9.73 Å². The first-order chi connectivity index (χ1) is 17.2. The van der Waals surface area contributed by atoms with Crippen molar-refractivity contribution in [2.75, 3.05) is 13.4 Å². The smallest absolute Gasteiger partial charge is 0.271 e. The van der Waals surface area contributed by atoms with Gasteiger partial charge in [0.15, 0.2) is 4.80 Å². The Hall–Kier alpha value is -3.35. The number of fused-ring (bicyclic) bond motifs is 3. The van der Waals surface area contributed by atoms with E-state index in [1.165, 1.54) is 32.9 Å². The maximum Gasteiger partial charge on any atom is 0.271 e. The number of aromatic nitrogens is 1. The zero-order valence-electron chi connectivity index (χ0n) is 19.5. The summed E-state index contributed by atoms with van der Waals surface area (Å²) < 4.78 is 7.98. The first kappa shape index (κ1) is 22.1. The second kappa shape index (κ2) is 9.02. The van der Waals surface area contributed by atoms with Crippen LogP contribution in [-0.4, -0.2) is 17.9 Å². The summed E-state index contributed by atoms with van der Waals surface area (Å²) in [6.07, 6.45) is 5.87. The second-order valence-electron chi connectivity index (χ2n) is 8.66. The van der Waals surface area contributed by atoms with Gasteiger partial charge in [-0.2, -0.15) is 0 Å². The van der Waals surface area contributed by atoms with Crippen LogP contribution in [0.3, 0.4) is 0 Å². The lowest BCUT2D eigenvalue weighted by Crippen LogP contribution is -2.38. The number of benzene rings is 3. The van der Waals surface area contributed by atoms with E-state index in [1.807, 2.05) is 22.8 Å². The third-order valence-corrected chi connectivity index (χ3v) is 8.44. The first-order valence-corrected chi connectivity index (χ1v) is 13.6. The molecule has 35 heavy (non-hydrogen) atoms. The molecule has 2 heterocycles. The van der Waals surface area contributed by atoms with Crippen LogP contribution < -0.4 is 19.6 Å². The highest BCUT2D eigenvalue weighted by atomic mass is 32.2. The Morgan fingerprint density at radius 2 is 1.80 bits per heavy atom. The van der Waals surface area contributed by atoms with Crippen molar-refractivity contribution >= 4 is 34.9 Å². The van der Waals surface area contributed by atoms with Gasteiger partial charge in [0.2, 0.25) is 0 Å². The number of rotatable bonds is 4. The monoisotopic (exact) mass is 496 g/mol. The average Bonchev–Trinajstić information content (AvgIpc) is 3.22. The highest BCUT2D eigenvalue weighted by Gasteiger charge is 2.32. The number of ether oxygens (including phenoxy) is 1. The summed E-state index contributed by atoms with van der Waals surface area (Å²) >= 11 is 3.18. The highest BCUT2D eigenvalue weighted by Crippen LogP contribution is 2.41. The first-order valence-electron chi connectivity index (χ1n) is 11.6. The minimum atomic E-state index is -0.179. The minimum absolute atomic E-state index is 0.00826. The minimum Gasteiger partial charge on any atom is -0.497 e. The fourth-order valence-corrected chi connectivity index (χ4v) is 6.37. The second-order valence-corrected chi connectivity index (χ2v) is 10.5. The zero-order chi connectivity index (χ0) is 23.9. The van der Waals surface area contributed by atoms with Gasteiger partial charge in [-0.1, -0.05) is 59.9 Å². The van der Waals surface area contributed by atoms with Crippen molar-refractivity contribution in [1.29, 1.82) is 0 Å².